The summed E-state index contributed by atoms with van der Waals surface area (Å²) in [4.78, 5) is 0. The molecule has 0 aliphatic heterocycles. The first-order chi connectivity index (χ1) is 8.45. The molecule has 2 nitrogen and oxygen atoms in total. The van der Waals surface area contributed by atoms with Crippen molar-refractivity contribution < 1.29 is 4.21 Å². The molecule has 0 aliphatic carbocycles. The topological polar surface area (TPSA) is 29.1 Å². The van der Waals surface area contributed by atoms with E-state index < -0.39 is 10.8 Å². The summed E-state index contributed by atoms with van der Waals surface area (Å²) in [7, 11) is -0.784. The third-order valence-corrected chi connectivity index (χ3v) is 3.93. The van der Waals surface area contributed by atoms with Crippen LogP contribution in [0.1, 0.15) is 41.6 Å². The molecule has 2 atom stereocenters. The zero-order valence-electron chi connectivity index (χ0n) is 12.2. The molecule has 0 radical (unpaired) electrons. The molecule has 1 rings (SSSR count). The Bertz CT molecular complexity index is 405. The van der Waals surface area contributed by atoms with Crippen LogP contribution in [0.3, 0.4) is 0 Å². The summed E-state index contributed by atoms with van der Waals surface area (Å²) in [6, 6.07) is 4.62. The highest BCUT2D eigenvalue weighted by atomic mass is 32.2. The molecule has 0 fully saturated rings. The molecule has 0 aromatic heterocycles. The lowest BCUT2D eigenvalue weighted by Crippen LogP contribution is -2.28. The van der Waals surface area contributed by atoms with E-state index in [1.54, 1.807) is 6.26 Å². The van der Waals surface area contributed by atoms with E-state index >= 15 is 0 Å². The number of aryl methyl sites for hydroxylation is 3. The van der Waals surface area contributed by atoms with Crippen LogP contribution in [0, 0.1) is 20.8 Å². The van der Waals surface area contributed by atoms with Crippen molar-refractivity contribution in [3.8, 4) is 0 Å². The third-order valence-electron chi connectivity index (χ3n) is 3.13. The second-order valence-corrected chi connectivity index (χ2v) is 6.54. The van der Waals surface area contributed by atoms with Crippen LogP contribution in [0.15, 0.2) is 12.1 Å². The Morgan fingerprint density at radius 2 is 1.78 bits per heavy atom. The molecule has 2 unspecified atom stereocenters. The minimum atomic E-state index is -0.784. The van der Waals surface area contributed by atoms with Gasteiger partial charge in [-0.2, -0.15) is 0 Å². The molecule has 0 aliphatic rings. The predicted molar refractivity (Wildman–Crippen MR) is 80.6 cm³/mol. The average Bonchev–Trinajstić information content (AvgIpc) is 2.23. The summed E-state index contributed by atoms with van der Waals surface area (Å²) in [5.41, 5.74) is 5.21. The maximum atomic E-state index is 11.6. The predicted octanol–water partition coefficient (Wildman–Crippen LogP) is 3.03. The zero-order valence-corrected chi connectivity index (χ0v) is 13.0. The maximum Gasteiger partial charge on any atom is 0.0442 e. The van der Waals surface area contributed by atoms with Crippen LogP contribution in [0.2, 0.25) is 0 Å². The van der Waals surface area contributed by atoms with Crippen molar-refractivity contribution in [2.24, 2.45) is 0 Å². The Labute approximate surface area is 114 Å². The van der Waals surface area contributed by atoms with Crippen molar-refractivity contribution in [2.75, 3.05) is 18.6 Å². The molecule has 102 valence electrons. The van der Waals surface area contributed by atoms with Crippen molar-refractivity contribution >= 4 is 10.8 Å². The van der Waals surface area contributed by atoms with Crippen LogP contribution in [0.25, 0.3) is 0 Å². The van der Waals surface area contributed by atoms with E-state index in [1.165, 1.54) is 22.3 Å². The van der Waals surface area contributed by atoms with Gasteiger partial charge in [0.2, 0.25) is 0 Å². The Morgan fingerprint density at radius 3 is 2.22 bits per heavy atom. The summed E-state index contributed by atoms with van der Waals surface area (Å²) in [5, 5.41) is 3.53. The standard InChI is InChI=1S/C15H25NOS/c1-6-7-16-14(10-18(5)17)15-12(3)8-11(2)9-13(15)4/h8-9,14,16H,6-7,10H2,1-5H3. The molecule has 3 heteroatoms. The molecule has 0 heterocycles. The summed E-state index contributed by atoms with van der Waals surface area (Å²) in [6.45, 7) is 9.54. The van der Waals surface area contributed by atoms with E-state index in [1.807, 2.05) is 0 Å². The molecule has 0 bridgehead atoms. The maximum absolute atomic E-state index is 11.6. The fourth-order valence-corrected chi connectivity index (χ4v) is 3.29. The van der Waals surface area contributed by atoms with Crippen LogP contribution < -0.4 is 5.32 Å². The number of rotatable bonds is 6. The van der Waals surface area contributed by atoms with Crippen molar-refractivity contribution in [1.29, 1.82) is 0 Å². The van der Waals surface area contributed by atoms with Gasteiger partial charge in [0.15, 0.2) is 0 Å². The molecule has 18 heavy (non-hydrogen) atoms. The highest BCUT2D eigenvalue weighted by molar-refractivity contribution is 7.84. The van der Waals surface area contributed by atoms with Gasteiger partial charge in [-0.05, 0) is 50.4 Å². The quantitative estimate of drug-likeness (QED) is 0.858. The highest BCUT2D eigenvalue weighted by Crippen LogP contribution is 2.24. The first-order valence-electron chi connectivity index (χ1n) is 6.56. The summed E-state index contributed by atoms with van der Waals surface area (Å²) in [6.07, 6.45) is 2.87. The van der Waals surface area contributed by atoms with E-state index in [9.17, 15) is 4.21 Å². The van der Waals surface area contributed by atoms with Gasteiger partial charge in [0.25, 0.3) is 0 Å². The lowest BCUT2D eigenvalue weighted by atomic mass is 9.95. The Morgan fingerprint density at radius 1 is 1.22 bits per heavy atom. The van der Waals surface area contributed by atoms with Crippen molar-refractivity contribution in [3.05, 3.63) is 34.4 Å². The number of nitrogens with one attached hydrogen (secondary N) is 1. The normalized spacial score (nSPS) is 14.5. The molecule has 1 aromatic carbocycles. The molecule has 0 saturated carbocycles. The van der Waals surface area contributed by atoms with Gasteiger partial charge < -0.3 is 5.32 Å². The third kappa shape index (κ3) is 4.21. The van der Waals surface area contributed by atoms with E-state index in [2.05, 4.69) is 45.1 Å². The molecule has 0 amide bonds. The average molecular weight is 267 g/mol. The Kier molecular flexibility index (Phi) is 6.03. The second kappa shape index (κ2) is 7.05. The smallest absolute Gasteiger partial charge is 0.0442 e. The molecular weight excluding hydrogens is 242 g/mol. The van der Waals surface area contributed by atoms with Gasteiger partial charge in [0.1, 0.15) is 0 Å². The van der Waals surface area contributed by atoms with Gasteiger partial charge in [0.05, 0.1) is 0 Å². The van der Waals surface area contributed by atoms with Crippen LogP contribution in [-0.4, -0.2) is 22.8 Å². The second-order valence-electron chi connectivity index (χ2n) is 5.06. The number of hydrogen-bond acceptors (Lipinski definition) is 2. The van der Waals surface area contributed by atoms with Crippen molar-refractivity contribution in [1.82, 2.24) is 5.32 Å². The summed E-state index contributed by atoms with van der Waals surface area (Å²) >= 11 is 0. The van der Waals surface area contributed by atoms with E-state index in [4.69, 9.17) is 0 Å². The molecule has 1 N–H and O–H groups in total. The van der Waals surface area contributed by atoms with Crippen molar-refractivity contribution in [2.45, 2.75) is 40.2 Å². The van der Waals surface area contributed by atoms with Crippen molar-refractivity contribution in [3.63, 3.8) is 0 Å². The van der Waals surface area contributed by atoms with E-state index in [-0.39, 0.29) is 6.04 Å². The molecule has 0 saturated heterocycles. The molecule has 0 spiro atoms. The van der Waals surface area contributed by atoms with Crippen LogP contribution in [0.5, 0.6) is 0 Å². The first-order valence-corrected chi connectivity index (χ1v) is 8.29. The minimum Gasteiger partial charge on any atom is -0.309 e. The van der Waals surface area contributed by atoms with Gasteiger partial charge >= 0.3 is 0 Å². The van der Waals surface area contributed by atoms with Gasteiger partial charge in [-0.25, -0.2) is 0 Å². The van der Waals surface area contributed by atoms with Gasteiger partial charge in [-0.15, -0.1) is 0 Å². The fraction of sp³-hybridized carbons (Fsp3) is 0.600. The Hall–Kier alpha value is -0.670. The summed E-state index contributed by atoms with van der Waals surface area (Å²) < 4.78 is 11.6. The van der Waals surface area contributed by atoms with Crippen LogP contribution >= 0.6 is 0 Å². The number of hydrogen-bond donors (Lipinski definition) is 1. The highest BCUT2D eigenvalue weighted by Gasteiger charge is 2.17. The molecular formula is C15H25NOS. The monoisotopic (exact) mass is 267 g/mol. The van der Waals surface area contributed by atoms with Crippen LogP contribution in [-0.2, 0) is 10.8 Å². The largest absolute Gasteiger partial charge is 0.309 e. The Balaban J connectivity index is 3.07. The van der Waals surface area contributed by atoms with Gasteiger partial charge in [0, 0.05) is 28.9 Å². The van der Waals surface area contributed by atoms with E-state index in [0.717, 1.165) is 13.0 Å². The van der Waals surface area contributed by atoms with E-state index in [0.29, 0.717) is 5.75 Å². The SMILES string of the molecule is CCCNC(CS(C)=O)c1c(C)cc(C)cc1C. The van der Waals surface area contributed by atoms with Crippen LogP contribution in [0.4, 0.5) is 0 Å². The van der Waals surface area contributed by atoms with Gasteiger partial charge in [-0.3, -0.25) is 4.21 Å². The lowest BCUT2D eigenvalue weighted by Gasteiger charge is -2.22. The zero-order chi connectivity index (χ0) is 13.7. The first kappa shape index (κ1) is 15.4. The molecule has 1 aromatic rings. The fourth-order valence-electron chi connectivity index (χ4n) is 2.54. The van der Waals surface area contributed by atoms with Gasteiger partial charge in [-0.1, -0.05) is 24.6 Å². The number of benzene rings is 1. The summed E-state index contributed by atoms with van der Waals surface area (Å²) in [5.74, 6) is 0.685. The lowest BCUT2D eigenvalue weighted by molar-refractivity contribution is 0.566. The minimum absolute atomic E-state index is 0.205.